The van der Waals surface area contributed by atoms with Crippen LogP contribution in [0, 0.1) is 5.92 Å². The molecule has 0 saturated carbocycles. The van der Waals surface area contributed by atoms with Gasteiger partial charge in [-0.15, -0.1) is 0 Å². The van der Waals surface area contributed by atoms with Crippen LogP contribution in [0.3, 0.4) is 0 Å². The van der Waals surface area contributed by atoms with Gasteiger partial charge in [0.25, 0.3) is 0 Å². The number of likely N-dealkylation sites (tertiary alicyclic amines) is 1. The van der Waals surface area contributed by atoms with E-state index in [0.29, 0.717) is 37.2 Å². The standard InChI is InChI=1S/C23H33N3O4/c1-5-28-19-8-7-18(13-20(19)29-6-2)15-22(27)26-11-9-17(10-12-26)14-21-24-23(16(3)4)25-30-21/h7-8,13,16-17H,5-6,9-12,14-15H2,1-4H3. The van der Waals surface area contributed by atoms with Crippen LogP contribution < -0.4 is 9.47 Å². The molecule has 3 rings (SSSR count). The summed E-state index contributed by atoms with van der Waals surface area (Å²) in [6.07, 6.45) is 3.08. The Hall–Kier alpha value is -2.57. The first-order chi connectivity index (χ1) is 14.5. The van der Waals surface area contributed by atoms with Crippen molar-refractivity contribution in [2.45, 2.75) is 59.3 Å². The van der Waals surface area contributed by atoms with E-state index < -0.39 is 0 Å². The maximum absolute atomic E-state index is 12.8. The van der Waals surface area contributed by atoms with Gasteiger partial charge in [-0.1, -0.05) is 25.1 Å². The van der Waals surface area contributed by atoms with E-state index in [1.165, 1.54) is 0 Å². The van der Waals surface area contributed by atoms with Crippen LogP contribution in [0.4, 0.5) is 0 Å². The third-order valence-corrected chi connectivity index (χ3v) is 5.39. The van der Waals surface area contributed by atoms with Crippen LogP contribution in [-0.4, -0.2) is 47.3 Å². The average molecular weight is 416 g/mol. The molecule has 1 aromatic carbocycles. The molecule has 0 atom stereocenters. The highest BCUT2D eigenvalue weighted by Gasteiger charge is 2.25. The van der Waals surface area contributed by atoms with Gasteiger partial charge in [0.15, 0.2) is 17.3 Å². The summed E-state index contributed by atoms with van der Waals surface area (Å²) in [5, 5.41) is 4.04. The Morgan fingerprint density at radius 1 is 1.17 bits per heavy atom. The zero-order chi connectivity index (χ0) is 21.5. The van der Waals surface area contributed by atoms with Crippen molar-refractivity contribution in [2.75, 3.05) is 26.3 Å². The number of hydrogen-bond donors (Lipinski definition) is 0. The van der Waals surface area contributed by atoms with Crippen LogP contribution in [0.15, 0.2) is 22.7 Å². The largest absolute Gasteiger partial charge is 0.490 e. The molecule has 0 aliphatic carbocycles. The fourth-order valence-electron chi connectivity index (χ4n) is 3.71. The summed E-state index contributed by atoms with van der Waals surface area (Å²) in [5.41, 5.74) is 0.945. The molecule has 0 unspecified atom stereocenters. The number of carbonyl (C=O) groups is 1. The maximum Gasteiger partial charge on any atom is 0.226 e. The summed E-state index contributed by atoms with van der Waals surface area (Å²) in [7, 11) is 0. The fraction of sp³-hybridized carbons (Fsp3) is 0.609. The van der Waals surface area contributed by atoms with Gasteiger partial charge in [-0.25, -0.2) is 0 Å². The molecule has 0 N–H and O–H groups in total. The van der Waals surface area contributed by atoms with E-state index in [0.717, 1.165) is 49.5 Å². The third-order valence-electron chi connectivity index (χ3n) is 5.39. The lowest BCUT2D eigenvalue weighted by Gasteiger charge is -2.31. The van der Waals surface area contributed by atoms with Gasteiger partial charge < -0.3 is 18.9 Å². The second-order valence-corrected chi connectivity index (χ2v) is 8.05. The number of piperidine rings is 1. The number of amides is 1. The maximum atomic E-state index is 12.8. The Morgan fingerprint density at radius 3 is 2.50 bits per heavy atom. The molecule has 2 heterocycles. The van der Waals surface area contributed by atoms with Gasteiger partial charge in [0.05, 0.1) is 19.6 Å². The van der Waals surface area contributed by atoms with Gasteiger partial charge in [0.1, 0.15) is 0 Å². The zero-order valence-corrected chi connectivity index (χ0v) is 18.5. The van der Waals surface area contributed by atoms with Crippen LogP contribution >= 0.6 is 0 Å². The molecule has 1 aliphatic rings. The highest BCUT2D eigenvalue weighted by molar-refractivity contribution is 5.79. The molecule has 1 fully saturated rings. The van der Waals surface area contributed by atoms with Crippen molar-refractivity contribution in [2.24, 2.45) is 5.92 Å². The molecular weight excluding hydrogens is 382 g/mol. The van der Waals surface area contributed by atoms with E-state index >= 15 is 0 Å². The highest BCUT2D eigenvalue weighted by Crippen LogP contribution is 2.29. The summed E-state index contributed by atoms with van der Waals surface area (Å²) in [4.78, 5) is 19.2. The van der Waals surface area contributed by atoms with Gasteiger partial charge >= 0.3 is 0 Å². The van der Waals surface area contributed by atoms with E-state index in [4.69, 9.17) is 14.0 Å². The molecule has 1 aromatic heterocycles. The Bertz CT molecular complexity index is 826. The monoisotopic (exact) mass is 415 g/mol. The predicted octanol–water partition coefficient (Wildman–Crippen LogP) is 4.01. The molecule has 30 heavy (non-hydrogen) atoms. The first-order valence-corrected chi connectivity index (χ1v) is 11.0. The number of carbonyl (C=O) groups excluding carboxylic acids is 1. The van der Waals surface area contributed by atoms with Gasteiger partial charge in [-0.2, -0.15) is 4.98 Å². The summed E-state index contributed by atoms with van der Waals surface area (Å²) in [6.45, 7) is 10.7. The summed E-state index contributed by atoms with van der Waals surface area (Å²) >= 11 is 0. The lowest BCUT2D eigenvalue weighted by Crippen LogP contribution is -2.39. The number of nitrogens with zero attached hydrogens (tertiary/aromatic N) is 3. The first-order valence-electron chi connectivity index (χ1n) is 11.0. The van der Waals surface area contributed by atoms with Crippen LogP contribution in [-0.2, 0) is 17.6 Å². The minimum atomic E-state index is 0.153. The number of hydrogen-bond acceptors (Lipinski definition) is 6. The van der Waals surface area contributed by atoms with Crippen LogP contribution in [0.25, 0.3) is 0 Å². The van der Waals surface area contributed by atoms with E-state index in [1.54, 1.807) is 0 Å². The molecule has 1 saturated heterocycles. The molecule has 1 aliphatic heterocycles. The smallest absolute Gasteiger partial charge is 0.226 e. The molecule has 2 aromatic rings. The molecular formula is C23H33N3O4. The minimum absolute atomic E-state index is 0.153. The zero-order valence-electron chi connectivity index (χ0n) is 18.5. The first kappa shape index (κ1) is 22.1. The van der Waals surface area contributed by atoms with Crippen LogP contribution in [0.5, 0.6) is 11.5 Å². The molecule has 0 spiro atoms. The number of ether oxygens (including phenoxy) is 2. The minimum Gasteiger partial charge on any atom is -0.490 e. The van der Waals surface area contributed by atoms with Gasteiger partial charge in [-0.05, 0) is 50.3 Å². The SMILES string of the molecule is CCOc1ccc(CC(=O)N2CCC(Cc3nc(C(C)C)no3)CC2)cc1OCC. The van der Waals surface area contributed by atoms with E-state index in [2.05, 4.69) is 24.0 Å². The van der Waals surface area contributed by atoms with Crippen LogP contribution in [0.1, 0.15) is 63.7 Å². The van der Waals surface area contributed by atoms with Gasteiger partial charge in [0, 0.05) is 25.4 Å². The Balaban J connectivity index is 1.51. The molecule has 0 bridgehead atoms. The second kappa shape index (κ2) is 10.5. The van der Waals surface area contributed by atoms with E-state index in [1.807, 2.05) is 36.9 Å². The van der Waals surface area contributed by atoms with Crippen molar-refractivity contribution in [3.05, 3.63) is 35.5 Å². The fourth-order valence-corrected chi connectivity index (χ4v) is 3.71. The second-order valence-electron chi connectivity index (χ2n) is 8.05. The lowest BCUT2D eigenvalue weighted by atomic mass is 9.93. The Kier molecular flexibility index (Phi) is 7.71. The van der Waals surface area contributed by atoms with E-state index in [9.17, 15) is 4.79 Å². The van der Waals surface area contributed by atoms with Crippen molar-refractivity contribution >= 4 is 5.91 Å². The third kappa shape index (κ3) is 5.74. The van der Waals surface area contributed by atoms with E-state index in [-0.39, 0.29) is 11.8 Å². The summed E-state index contributed by atoms with van der Waals surface area (Å²) in [6, 6.07) is 5.75. The summed E-state index contributed by atoms with van der Waals surface area (Å²) < 4.78 is 16.7. The van der Waals surface area contributed by atoms with Crippen molar-refractivity contribution in [3.63, 3.8) is 0 Å². The molecule has 7 heteroatoms. The van der Waals surface area contributed by atoms with Crippen molar-refractivity contribution < 1.29 is 18.8 Å². The lowest BCUT2D eigenvalue weighted by molar-refractivity contribution is -0.131. The molecule has 164 valence electrons. The molecule has 0 radical (unpaired) electrons. The van der Waals surface area contributed by atoms with Crippen LogP contribution in [0.2, 0.25) is 0 Å². The van der Waals surface area contributed by atoms with Crippen molar-refractivity contribution in [1.29, 1.82) is 0 Å². The normalized spacial score (nSPS) is 14.9. The van der Waals surface area contributed by atoms with Gasteiger partial charge in [-0.3, -0.25) is 4.79 Å². The van der Waals surface area contributed by atoms with Crippen molar-refractivity contribution in [1.82, 2.24) is 15.0 Å². The predicted molar refractivity (Wildman–Crippen MR) is 114 cm³/mol. The Morgan fingerprint density at radius 2 is 1.87 bits per heavy atom. The topological polar surface area (TPSA) is 77.7 Å². The highest BCUT2D eigenvalue weighted by atomic mass is 16.5. The molecule has 1 amide bonds. The average Bonchev–Trinajstić information content (AvgIpc) is 3.20. The van der Waals surface area contributed by atoms with Gasteiger partial charge in [0.2, 0.25) is 11.8 Å². The number of aromatic nitrogens is 2. The summed E-state index contributed by atoms with van der Waals surface area (Å²) in [5.74, 6) is 3.79. The van der Waals surface area contributed by atoms with Crippen molar-refractivity contribution in [3.8, 4) is 11.5 Å². The molecule has 7 nitrogen and oxygen atoms in total. The quantitative estimate of drug-likeness (QED) is 0.616. The number of benzene rings is 1. The number of rotatable bonds is 9. The Labute approximate surface area is 178 Å².